The molecule has 0 saturated carbocycles. The summed E-state index contributed by atoms with van der Waals surface area (Å²) in [5.41, 5.74) is 12.0. The van der Waals surface area contributed by atoms with Gasteiger partial charge in [0.15, 0.2) is 0 Å². The van der Waals surface area contributed by atoms with Crippen molar-refractivity contribution in [3.8, 4) is 51.2 Å². The van der Waals surface area contributed by atoms with Gasteiger partial charge >= 0.3 is 0 Å². The van der Waals surface area contributed by atoms with Crippen molar-refractivity contribution in [3.05, 3.63) is 180 Å². The van der Waals surface area contributed by atoms with Crippen molar-refractivity contribution in [2.45, 2.75) is 105 Å². The van der Waals surface area contributed by atoms with E-state index < -0.39 is 0 Å². The van der Waals surface area contributed by atoms with Crippen LogP contribution in [-0.2, 0) is 21.7 Å². The highest BCUT2D eigenvalue weighted by molar-refractivity contribution is 6.09. The molecule has 0 saturated heterocycles. The standard InChI is InChI=1S/C59H61N5O/c1-56(2,3)40-25-27-48(39-19-14-13-15-20-39)51(34-40)55-61-63(38-62(55)45-32-42(58(7,8)9)31-43(33-45)59(10,11)12)44-21-18-22-46(36-44)65-47-26-28-50-49-23-16-17-24-52(49)64(53(50)37-47)54-35-41(29-30-60-54)57(4,5)6/h13-37H,1-12H3. The Morgan fingerprint density at radius 3 is 1.82 bits per heavy atom. The highest BCUT2D eigenvalue weighted by atomic mass is 16.5. The summed E-state index contributed by atoms with van der Waals surface area (Å²) in [5.74, 6) is 3.10. The smallest absolute Gasteiger partial charge is 0.232 e. The van der Waals surface area contributed by atoms with E-state index in [4.69, 9.17) is 14.8 Å². The zero-order valence-corrected chi connectivity index (χ0v) is 40.1. The molecule has 6 aromatic carbocycles. The van der Waals surface area contributed by atoms with Gasteiger partial charge < -0.3 is 9.30 Å². The molecular formula is C59H61N5O. The van der Waals surface area contributed by atoms with Crippen molar-refractivity contribution in [1.82, 2.24) is 19.3 Å². The van der Waals surface area contributed by atoms with Crippen molar-refractivity contribution in [1.29, 1.82) is 0 Å². The van der Waals surface area contributed by atoms with Crippen LogP contribution >= 0.6 is 0 Å². The molecule has 0 spiro atoms. The van der Waals surface area contributed by atoms with E-state index in [0.29, 0.717) is 5.75 Å². The average Bonchev–Trinajstić information content (AvgIpc) is 3.85. The lowest BCUT2D eigenvalue weighted by Gasteiger charge is -2.27. The van der Waals surface area contributed by atoms with Crippen LogP contribution in [0.25, 0.3) is 61.5 Å². The molecule has 0 bridgehead atoms. The van der Waals surface area contributed by atoms with Gasteiger partial charge in [-0.2, -0.15) is 4.68 Å². The van der Waals surface area contributed by atoms with Gasteiger partial charge in [-0.3, -0.25) is 4.57 Å². The molecule has 3 heterocycles. The van der Waals surface area contributed by atoms with Crippen LogP contribution in [-0.4, -0.2) is 19.3 Å². The molecule has 0 N–H and O–H groups in total. The van der Waals surface area contributed by atoms with Crippen molar-refractivity contribution < 1.29 is 9.30 Å². The zero-order valence-electron chi connectivity index (χ0n) is 40.1. The Balaban J connectivity index is 1.19. The fraction of sp³-hybridized carbons (Fsp3) is 0.271. The largest absolute Gasteiger partial charge is 0.458 e. The van der Waals surface area contributed by atoms with Crippen molar-refractivity contribution in [2.75, 3.05) is 0 Å². The quantitative estimate of drug-likeness (QED) is 0.119. The Morgan fingerprint density at radius 1 is 0.492 bits per heavy atom. The second-order valence-corrected chi connectivity index (χ2v) is 21.6. The van der Waals surface area contributed by atoms with Crippen LogP contribution < -0.4 is 9.30 Å². The number of aromatic nitrogens is 5. The molecule has 0 atom stereocenters. The SMILES string of the molecule is CC(C)(C)c1cc(-[n+]2[c-]n(-c3cccc(Oc4ccc5c6ccccc6n(-c6cc(C(C)(C)C)ccn6)c5c4)c3)nc2-c2cc(C(C)(C)C)ccc2-c2ccccc2)cc(C(C)(C)C)c1. The third kappa shape index (κ3) is 8.62. The maximum atomic E-state index is 6.76. The van der Waals surface area contributed by atoms with Crippen LogP contribution in [0.5, 0.6) is 11.5 Å². The summed E-state index contributed by atoms with van der Waals surface area (Å²) >= 11 is 0. The van der Waals surface area contributed by atoms with E-state index in [1.165, 1.54) is 27.6 Å². The molecule has 0 aliphatic heterocycles. The maximum absolute atomic E-state index is 6.76. The molecule has 328 valence electrons. The van der Waals surface area contributed by atoms with Crippen LogP contribution in [0.2, 0.25) is 0 Å². The zero-order chi connectivity index (χ0) is 46.1. The second kappa shape index (κ2) is 16.0. The molecule has 3 aromatic heterocycles. The van der Waals surface area contributed by atoms with E-state index in [1.807, 2.05) is 29.1 Å². The molecule has 9 aromatic rings. The van der Waals surface area contributed by atoms with Gasteiger partial charge in [-0.1, -0.05) is 180 Å². The fourth-order valence-corrected chi connectivity index (χ4v) is 8.53. The Bertz CT molecular complexity index is 3180. The van der Waals surface area contributed by atoms with Gasteiger partial charge in [-0.05, 0) is 103 Å². The molecular weight excluding hydrogens is 795 g/mol. The summed E-state index contributed by atoms with van der Waals surface area (Å²) in [6.07, 6.45) is 5.65. The van der Waals surface area contributed by atoms with Gasteiger partial charge in [-0.15, -0.1) is 0 Å². The lowest BCUT2D eigenvalue weighted by molar-refractivity contribution is -0.589. The molecule has 0 radical (unpaired) electrons. The number of hydrogen-bond acceptors (Lipinski definition) is 3. The first kappa shape index (κ1) is 43.5. The normalized spacial score (nSPS) is 12.6. The van der Waals surface area contributed by atoms with Gasteiger partial charge in [0.2, 0.25) is 12.2 Å². The van der Waals surface area contributed by atoms with Gasteiger partial charge in [-0.25, -0.2) is 4.98 Å². The monoisotopic (exact) mass is 855 g/mol. The van der Waals surface area contributed by atoms with Gasteiger partial charge in [0.1, 0.15) is 17.3 Å². The van der Waals surface area contributed by atoms with Crippen LogP contribution in [0.3, 0.4) is 0 Å². The van der Waals surface area contributed by atoms with E-state index in [0.717, 1.165) is 61.9 Å². The highest BCUT2D eigenvalue weighted by Crippen LogP contribution is 2.38. The first-order valence-electron chi connectivity index (χ1n) is 22.8. The van der Waals surface area contributed by atoms with Crippen molar-refractivity contribution >= 4 is 21.8 Å². The number of ether oxygens (including phenoxy) is 1. The summed E-state index contributed by atoms with van der Waals surface area (Å²) < 4.78 is 13.0. The number of pyridine rings is 1. The number of benzene rings is 6. The number of rotatable bonds is 7. The topological polar surface area (TPSA) is 48.8 Å². The third-order valence-corrected chi connectivity index (χ3v) is 12.5. The second-order valence-electron chi connectivity index (χ2n) is 21.6. The third-order valence-electron chi connectivity index (χ3n) is 12.5. The molecule has 6 heteroatoms. The van der Waals surface area contributed by atoms with E-state index in [-0.39, 0.29) is 21.7 Å². The van der Waals surface area contributed by atoms with Crippen LogP contribution in [0.4, 0.5) is 0 Å². The molecule has 6 nitrogen and oxygen atoms in total. The van der Waals surface area contributed by atoms with Crippen LogP contribution in [0.15, 0.2) is 152 Å². The summed E-state index contributed by atoms with van der Waals surface area (Å²) in [5, 5.41) is 7.77. The number of para-hydroxylation sites is 1. The van der Waals surface area contributed by atoms with E-state index in [2.05, 4.69) is 226 Å². The first-order chi connectivity index (χ1) is 30.7. The molecule has 0 amide bonds. The Morgan fingerprint density at radius 2 is 1.12 bits per heavy atom. The van der Waals surface area contributed by atoms with Crippen LogP contribution in [0.1, 0.15) is 105 Å². The minimum absolute atomic E-state index is 0.0196. The number of hydrogen-bond donors (Lipinski definition) is 0. The number of fused-ring (bicyclic) bond motifs is 3. The van der Waals surface area contributed by atoms with Crippen LogP contribution in [0, 0.1) is 6.33 Å². The molecule has 65 heavy (non-hydrogen) atoms. The highest BCUT2D eigenvalue weighted by Gasteiger charge is 2.26. The minimum Gasteiger partial charge on any atom is -0.458 e. The Labute approximate surface area is 385 Å². The lowest BCUT2D eigenvalue weighted by atomic mass is 9.80. The fourth-order valence-electron chi connectivity index (χ4n) is 8.53. The Kier molecular flexibility index (Phi) is 10.7. The van der Waals surface area contributed by atoms with Crippen molar-refractivity contribution in [2.24, 2.45) is 0 Å². The predicted molar refractivity (Wildman–Crippen MR) is 268 cm³/mol. The summed E-state index contributed by atoms with van der Waals surface area (Å²) in [6, 6.07) is 51.7. The lowest BCUT2D eigenvalue weighted by Crippen LogP contribution is -2.33. The summed E-state index contributed by atoms with van der Waals surface area (Å²) in [7, 11) is 0. The van der Waals surface area contributed by atoms with Gasteiger partial charge in [0, 0.05) is 34.3 Å². The minimum atomic E-state index is -0.0807. The van der Waals surface area contributed by atoms with E-state index >= 15 is 0 Å². The van der Waals surface area contributed by atoms with Crippen molar-refractivity contribution in [3.63, 3.8) is 0 Å². The summed E-state index contributed by atoms with van der Waals surface area (Å²) in [6.45, 7) is 27.2. The van der Waals surface area contributed by atoms with Gasteiger partial charge in [0.05, 0.1) is 16.7 Å². The molecule has 0 fully saturated rings. The summed E-state index contributed by atoms with van der Waals surface area (Å²) in [4.78, 5) is 4.89. The van der Waals surface area contributed by atoms with Gasteiger partial charge in [0.25, 0.3) is 0 Å². The predicted octanol–water partition coefficient (Wildman–Crippen LogP) is 14.8. The molecule has 9 rings (SSSR count). The molecule has 0 aliphatic carbocycles. The molecule has 0 aliphatic rings. The number of nitrogens with zero attached hydrogens (tertiary/aromatic N) is 5. The maximum Gasteiger partial charge on any atom is 0.232 e. The average molecular weight is 856 g/mol. The van der Waals surface area contributed by atoms with E-state index in [9.17, 15) is 0 Å². The van der Waals surface area contributed by atoms with E-state index in [1.54, 1.807) is 0 Å². The first-order valence-corrected chi connectivity index (χ1v) is 22.8. The Hall–Kier alpha value is -6.79. The molecule has 0 unspecified atom stereocenters.